The van der Waals surface area contributed by atoms with Crippen LogP contribution in [0.3, 0.4) is 0 Å². The van der Waals surface area contributed by atoms with Gasteiger partial charge in [-0.2, -0.15) is 0 Å². The first kappa shape index (κ1) is 19.6. The molecule has 1 saturated heterocycles. The Bertz CT molecular complexity index is 398. The van der Waals surface area contributed by atoms with Gasteiger partial charge in [-0.05, 0) is 25.2 Å². The van der Waals surface area contributed by atoms with E-state index in [2.05, 4.69) is 6.58 Å². The fourth-order valence-electron chi connectivity index (χ4n) is 3.01. The number of rotatable bonds is 10. The predicted molar refractivity (Wildman–Crippen MR) is 86.8 cm³/mol. The second kappa shape index (κ2) is 10.4. The van der Waals surface area contributed by atoms with Crippen molar-refractivity contribution in [2.75, 3.05) is 27.4 Å². The standard InChI is InChI=1S/C17H29NO5/c1-4-5-6-7-8-13(12-22-2)9-16(20)18-11-14(19)10-15(18)17(21)23-3/h4,13-15,19H,1,5-12H2,2-3H3/t13-,14-,15+/m1/s1. The SMILES string of the molecule is C=CCCCC[C@@H](COC)CC(=O)N1C[C@H](O)C[C@H]1C(=O)OC. The minimum Gasteiger partial charge on any atom is -0.467 e. The predicted octanol–water partition coefficient (Wildman–Crippen LogP) is 1.52. The zero-order valence-corrected chi connectivity index (χ0v) is 14.2. The van der Waals surface area contributed by atoms with E-state index in [1.807, 2.05) is 6.08 Å². The lowest BCUT2D eigenvalue weighted by atomic mass is 9.97. The fourth-order valence-corrected chi connectivity index (χ4v) is 3.01. The first-order valence-electron chi connectivity index (χ1n) is 8.18. The molecule has 0 aliphatic carbocycles. The summed E-state index contributed by atoms with van der Waals surface area (Å²) in [4.78, 5) is 25.7. The van der Waals surface area contributed by atoms with Crippen LogP contribution in [-0.4, -0.2) is 61.4 Å². The van der Waals surface area contributed by atoms with Gasteiger partial charge >= 0.3 is 5.97 Å². The number of hydrogen-bond donors (Lipinski definition) is 1. The number of aliphatic hydroxyl groups excluding tert-OH is 1. The normalized spacial score (nSPS) is 22.0. The van der Waals surface area contributed by atoms with Crippen LogP contribution in [0.2, 0.25) is 0 Å². The average molecular weight is 327 g/mol. The van der Waals surface area contributed by atoms with E-state index in [0.717, 1.165) is 25.7 Å². The molecule has 0 aromatic carbocycles. The summed E-state index contributed by atoms with van der Waals surface area (Å²) in [6, 6.07) is -0.675. The van der Waals surface area contributed by atoms with Crippen molar-refractivity contribution >= 4 is 11.9 Å². The summed E-state index contributed by atoms with van der Waals surface area (Å²) >= 11 is 0. The molecule has 6 nitrogen and oxygen atoms in total. The Morgan fingerprint density at radius 2 is 2.13 bits per heavy atom. The monoisotopic (exact) mass is 327 g/mol. The summed E-state index contributed by atoms with van der Waals surface area (Å²) in [7, 11) is 2.92. The Labute approximate surface area is 138 Å². The number of methoxy groups -OCH3 is 2. The highest BCUT2D eigenvalue weighted by Gasteiger charge is 2.39. The zero-order valence-electron chi connectivity index (χ0n) is 14.2. The van der Waals surface area contributed by atoms with Gasteiger partial charge < -0.3 is 19.5 Å². The number of esters is 1. The molecule has 1 amide bonds. The van der Waals surface area contributed by atoms with E-state index in [4.69, 9.17) is 9.47 Å². The summed E-state index contributed by atoms with van der Waals surface area (Å²) in [5.74, 6) is -0.472. The Balaban J connectivity index is 2.58. The van der Waals surface area contributed by atoms with Crippen LogP contribution in [0.1, 0.15) is 38.5 Å². The van der Waals surface area contributed by atoms with Crippen molar-refractivity contribution in [2.45, 2.75) is 50.7 Å². The number of likely N-dealkylation sites (tertiary alicyclic amines) is 1. The summed E-state index contributed by atoms with van der Waals surface area (Å²) < 4.78 is 9.94. The van der Waals surface area contributed by atoms with E-state index < -0.39 is 18.1 Å². The maximum Gasteiger partial charge on any atom is 0.328 e. The van der Waals surface area contributed by atoms with Crippen LogP contribution in [0.4, 0.5) is 0 Å². The van der Waals surface area contributed by atoms with Gasteiger partial charge in [-0.1, -0.05) is 12.5 Å². The van der Waals surface area contributed by atoms with E-state index in [0.29, 0.717) is 13.0 Å². The zero-order chi connectivity index (χ0) is 17.2. The smallest absolute Gasteiger partial charge is 0.328 e. The molecule has 1 N–H and O–H groups in total. The van der Waals surface area contributed by atoms with Crippen molar-refractivity contribution in [2.24, 2.45) is 5.92 Å². The lowest BCUT2D eigenvalue weighted by Crippen LogP contribution is -2.42. The number of aliphatic hydroxyl groups is 1. The van der Waals surface area contributed by atoms with Gasteiger partial charge in [0.2, 0.25) is 5.91 Å². The van der Waals surface area contributed by atoms with Crippen LogP contribution < -0.4 is 0 Å². The summed E-state index contributed by atoms with van der Waals surface area (Å²) in [6.07, 6.45) is 5.71. The van der Waals surface area contributed by atoms with Crippen LogP contribution in [0.5, 0.6) is 0 Å². The van der Waals surface area contributed by atoms with E-state index in [-0.39, 0.29) is 24.8 Å². The molecule has 0 radical (unpaired) electrons. The largest absolute Gasteiger partial charge is 0.467 e. The van der Waals surface area contributed by atoms with Gasteiger partial charge in [0.1, 0.15) is 6.04 Å². The van der Waals surface area contributed by atoms with Gasteiger partial charge in [-0.3, -0.25) is 4.79 Å². The third-order valence-electron chi connectivity index (χ3n) is 4.21. The highest BCUT2D eigenvalue weighted by molar-refractivity contribution is 5.85. The van der Waals surface area contributed by atoms with Crippen LogP contribution in [0.25, 0.3) is 0 Å². The third-order valence-corrected chi connectivity index (χ3v) is 4.21. The van der Waals surface area contributed by atoms with E-state index in [1.54, 1.807) is 7.11 Å². The fraction of sp³-hybridized carbons (Fsp3) is 0.765. The molecule has 0 saturated carbocycles. The van der Waals surface area contributed by atoms with Crippen LogP contribution in [0.15, 0.2) is 12.7 Å². The van der Waals surface area contributed by atoms with Gasteiger partial charge in [0.15, 0.2) is 0 Å². The third kappa shape index (κ3) is 6.31. The summed E-state index contributed by atoms with van der Waals surface area (Å²) in [6.45, 7) is 4.40. The molecule has 3 atom stereocenters. The molecular formula is C17H29NO5. The number of nitrogens with zero attached hydrogens (tertiary/aromatic N) is 1. The van der Waals surface area contributed by atoms with Crippen molar-refractivity contribution in [1.82, 2.24) is 4.90 Å². The molecule has 132 valence electrons. The van der Waals surface area contributed by atoms with Crippen LogP contribution in [-0.2, 0) is 19.1 Å². The number of carbonyl (C=O) groups excluding carboxylic acids is 2. The molecule has 0 spiro atoms. The summed E-state index contributed by atoms with van der Waals surface area (Å²) in [5.41, 5.74) is 0. The van der Waals surface area contributed by atoms with Crippen LogP contribution >= 0.6 is 0 Å². The number of amides is 1. The lowest BCUT2D eigenvalue weighted by Gasteiger charge is -2.25. The first-order valence-corrected chi connectivity index (χ1v) is 8.18. The van der Waals surface area contributed by atoms with E-state index in [9.17, 15) is 14.7 Å². The molecule has 23 heavy (non-hydrogen) atoms. The second-order valence-corrected chi connectivity index (χ2v) is 6.07. The molecule has 1 aliphatic rings. The van der Waals surface area contributed by atoms with Gasteiger partial charge in [-0.15, -0.1) is 6.58 Å². The van der Waals surface area contributed by atoms with Gasteiger partial charge in [0.25, 0.3) is 0 Å². The molecule has 1 heterocycles. The molecule has 0 aromatic heterocycles. The molecule has 1 aliphatic heterocycles. The molecule has 0 unspecified atom stereocenters. The van der Waals surface area contributed by atoms with Gasteiger partial charge in [0.05, 0.1) is 13.2 Å². The topological polar surface area (TPSA) is 76.1 Å². The first-order chi connectivity index (χ1) is 11.0. The Kier molecular flexibility index (Phi) is 8.87. The maximum absolute atomic E-state index is 12.5. The highest BCUT2D eigenvalue weighted by Crippen LogP contribution is 2.23. The van der Waals surface area contributed by atoms with Crippen molar-refractivity contribution < 1.29 is 24.2 Å². The molecule has 0 bridgehead atoms. The van der Waals surface area contributed by atoms with E-state index in [1.165, 1.54) is 12.0 Å². The highest BCUT2D eigenvalue weighted by atomic mass is 16.5. The average Bonchev–Trinajstić information content (AvgIpc) is 2.93. The van der Waals surface area contributed by atoms with Gasteiger partial charge in [0, 0.05) is 33.1 Å². The number of carbonyl (C=O) groups is 2. The minimum absolute atomic E-state index is 0.119. The van der Waals surface area contributed by atoms with Crippen molar-refractivity contribution in [3.63, 3.8) is 0 Å². The van der Waals surface area contributed by atoms with Gasteiger partial charge in [-0.25, -0.2) is 4.79 Å². The Morgan fingerprint density at radius 1 is 1.39 bits per heavy atom. The molecule has 6 heteroatoms. The minimum atomic E-state index is -0.675. The van der Waals surface area contributed by atoms with Crippen LogP contribution in [0, 0.1) is 5.92 Å². The quantitative estimate of drug-likeness (QED) is 0.374. The molecule has 1 rings (SSSR count). The summed E-state index contributed by atoms with van der Waals surface area (Å²) in [5, 5.41) is 9.77. The Morgan fingerprint density at radius 3 is 2.74 bits per heavy atom. The number of β-amino-alcohol motifs (C(OH)–C–C–N with tert-alkyl or cyclic N) is 1. The molecule has 1 fully saturated rings. The molecule has 0 aromatic rings. The van der Waals surface area contributed by atoms with Crippen molar-refractivity contribution in [3.8, 4) is 0 Å². The van der Waals surface area contributed by atoms with E-state index >= 15 is 0 Å². The number of unbranched alkanes of at least 4 members (excludes halogenated alkanes) is 2. The maximum atomic E-state index is 12.5. The number of ether oxygens (including phenoxy) is 2. The van der Waals surface area contributed by atoms with Crippen molar-refractivity contribution in [3.05, 3.63) is 12.7 Å². The Hall–Kier alpha value is -1.40. The molecular weight excluding hydrogens is 298 g/mol. The second-order valence-electron chi connectivity index (χ2n) is 6.07. The number of hydrogen-bond acceptors (Lipinski definition) is 5. The lowest BCUT2D eigenvalue weighted by molar-refractivity contribution is -0.151. The number of allylic oxidation sites excluding steroid dienone is 1. The van der Waals surface area contributed by atoms with Crippen molar-refractivity contribution in [1.29, 1.82) is 0 Å².